The van der Waals surface area contributed by atoms with Crippen LogP contribution in [0, 0.1) is 19.8 Å². The molecule has 1 unspecified atom stereocenters. The number of likely N-dealkylation sites (N-methyl/N-ethyl adjacent to an activating group) is 1. The van der Waals surface area contributed by atoms with Gasteiger partial charge in [0.15, 0.2) is 5.82 Å². The number of hydrogen-bond donors (Lipinski definition) is 1. The summed E-state index contributed by atoms with van der Waals surface area (Å²) in [7, 11) is 4.12. The number of fused-ring (bicyclic) bond motifs is 1. The van der Waals surface area contributed by atoms with Gasteiger partial charge in [-0.1, -0.05) is 6.92 Å². The van der Waals surface area contributed by atoms with Crippen LogP contribution in [-0.4, -0.2) is 60.5 Å². The minimum Gasteiger partial charge on any atom is -0.372 e. The summed E-state index contributed by atoms with van der Waals surface area (Å²) >= 11 is 0. The van der Waals surface area contributed by atoms with Crippen LogP contribution in [0.25, 0.3) is 16.8 Å². The van der Waals surface area contributed by atoms with E-state index < -0.39 is 0 Å². The highest BCUT2D eigenvalue weighted by molar-refractivity contribution is 5.71. The average Bonchev–Trinajstić information content (AvgIpc) is 3.40. The Morgan fingerprint density at radius 1 is 1.09 bits per heavy atom. The number of rotatable bonds is 6. The topological polar surface area (TPSA) is 85.4 Å². The summed E-state index contributed by atoms with van der Waals surface area (Å²) in [5.74, 6) is 2.74. The fourth-order valence-electron chi connectivity index (χ4n) is 4.66. The first-order valence-corrected chi connectivity index (χ1v) is 11.3. The third-order valence-electron chi connectivity index (χ3n) is 6.15. The molecule has 0 radical (unpaired) electrons. The predicted molar refractivity (Wildman–Crippen MR) is 127 cm³/mol. The molecule has 5 heterocycles. The van der Waals surface area contributed by atoms with Crippen molar-refractivity contribution in [3.8, 4) is 11.3 Å². The lowest BCUT2D eigenvalue weighted by atomic mass is 10.1. The van der Waals surface area contributed by atoms with Crippen LogP contribution < -0.4 is 5.32 Å². The zero-order valence-corrected chi connectivity index (χ0v) is 19.8. The third-order valence-corrected chi connectivity index (χ3v) is 6.15. The van der Waals surface area contributed by atoms with Crippen LogP contribution in [0.5, 0.6) is 0 Å². The van der Waals surface area contributed by atoms with Gasteiger partial charge in [-0.25, -0.2) is 14.5 Å². The SMILES string of the molecule is Cc1cc(Nc2cc3cc(-c4c(CO[C@H]5CN(C)CC5C)cnn4C)ccn3n2)nc(C)n1. The van der Waals surface area contributed by atoms with Gasteiger partial charge < -0.3 is 15.0 Å². The Bertz CT molecular complexity index is 1270. The van der Waals surface area contributed by atoms with E-state index in [2.05, 4.69) is 56.5 Å². The molecule has 33 heavy (non-hydrogen) atoms. The number of likely N-dealkylation sites (tertiary alicyclic amines) is 1. The van der Waals surface area contributed by atoms with Crippen molar-refractivity contribution < 1.29 is 4.74 Å². The number of aromatic nitrogens is 6. The van der Waals surface area contributed by atoms with Crippen molar-refractivity contribution in [1.29, 1.82) is 0 Å². The van der Waals surface area contributed by atoms with Crippen molar-refractivity contribution in [3.05, 3.63) is 53.7 Å². The fraction of sp³-hybridized carbons (Fsp3) is 0.417. The molecule has 0 saturated carbocycles. The summed E-state index contributed by atoms with van der Waals surface area (Å²) < 4.78 is 10.1. The summed E-state index contributed by atoms with van der Waals surface area (Å²) in [5, 5.41) is 12.4. The summed E-state index contributed by atoms with van der Waals surface area (Å²) in [4.78, 5) is 11.1. The molecule has 172 valence electrons. The lowest BCUT2D eigenvalue weighted by molar-refractivity contribution is 0.0273. The standard InChI is InChI=1S/C24H30N8O/c1-15-12-30(4)13-21(15)33-14-19-11-25-31(5)24(19)18-6-7-32-20(9-18)10-23(29-32)28-22-8-16(2)26-17(3)27-22/h6-11,15,21H,12-14H2,1-5H3,(H,26,27,28,29)/t15?,21-/m0/s1. The highest BCUT2D eigenvalue weighted by atomic mass is 16.5. The summed E-state index contributed by atoms with van der Waals surface area (Å²) in [6.45, 7) is 8.69. The van der Waals surface area contributed by atoms with Gasteiger partial charge in [0.05, 0.1) is 30.1 Å². The first-order valence-electron chi connectivity index (χ1n) is 11.3. The molecule has 1 N–H and O–H groups in total. The number of nitrogens with zero attached hydrogens (tertiary/aromatic N) is 7. The van der Waals surface area contributed by atoms with Crippen molar-refractivity contribution in [2.75, 3.05) is 25.5 Å². The molecule has 4 aromatic rings. The van der Waals surface area contributed by atoms with E-state index in [0.717, 1.165) is 58.6 Å². The molecule has 4 aromatic heterocycles. The van der Waals surface area contributed by atoms with E-state index in [-0.39, 0.29) is 6.10 Å². The van der Waals surface area contributed by atoms with Crippen LogP contribution in [0.3, 0.4) is 0 Å². The maximum atomic E-state index is 6.29. The van der Waals surface area contributed by atoms with Crippen LogP contribution in [0.2, 0.25) is 0 Å². The van der Waals surface area contributed by atoms with Crippen molar-refractivity contribution in [3.63, 3.8) is 0 Å². The molecule has 5 rings (SSSR count). The molecule has 1 aliphatic rings. The Kier molecular flexibility index (Phi) is 5.59. The monoisotopic (exact) mass is 446 g/mol. The van der Waals surface area contributed by atoms with E-state index >= 15 is 0 Å². The minimum absolute atomic E-state index is 0.253. The molecule has 1 aliphatic heterocycles. The normalized spacial score (nSPS) is 18.9. The van der Waals surface area contributed by atoms with E-state index in [9.17, 15) is 0 Å². The molecule has 0 aliphatic carbocycles. The van der Waals surface area contributed by atoms with Crippen molar-refractivity contribution in [1.82, 2.24) is 34.3 Å². The van der Waals surface area contributed by atoms with Gasteiger partial charge in [0.1, 0.15) is 11.6 Å². The highest BCUT2D eigenvalue weighted by Crippen LogP contribution is 2.28. The largest absolute Gasteiger partial charge is 0.372 e. The number of ether oxygens (including phenoxy) is 1. The zero-order chi connectivity index (χ0) is 23.1. The van der Waals surface area contributed by atoms with Gasteiger partial charge in [0.25, 0.3) is 0 Å². The van der Waals surface area contributed by atoms with E-state index in [1.807, 2.05) is 54.6 Å². The molecule has 1 fully saturated rings. The maximum Gasteiger partial charge on any atom is 0.154 e. The Hall–Kier alpha value is -3.30. The predicted octanol–water partition coefficient (Wildman–Crippen LogP) is 3.35. The second-order valence-electron chi connectivity index (χ2n) is 9.07. The second-order valence-corrected chi connectivity index (χ2v) is 9.07. The summed E-state index contributed by atoms with van der Waals surface area (Å²) in [6.07, 6.45) is 4.13. The van der Waals surface area contributed by atoms with E-state index in [0.29, 0.717) is 12.5 Å². The molecule has 0 bridgehead atoms. The molecular formula is C24H30N8O. The van der Waals surface area contributed by atoms with Crippen LogP contribution in [-0.2, 0) is 18.4 Å². The molecular weight excluding hydrogens is 416 g/mol. The van der Waals surface area contributed by atoms with E-state index in [4.69, 9.17) is 4.74 Å². The van der Waals surface area contributed by atoms with E-state index in [1.54, 1.807) is 0 Å². The van der Waals surface area contributed by atoms with Crippen molar-refractivity contribution in [2.45, 2.75) is 33.5 Å². The van der Waals surface area contributed by atoms with Gasteiger partial charge in [-0.15, -0.1) is 0 Å². The highest BCUT2D eigenvalue weighted by Gasteiger charge is 2.28. The number of aryl methyl sites for hydroxylation is 3. The molecule has 0 spiro atoms. The number of hydrogen-bond acceptors (Lipinski definition) is 7. The number of anilines is 2. The van der Waals surface area contributed by atoms with Gasteiger partial charge >= 0.3 is 0 Å². The summed E-state index contributed by atoms with van der Waals surface area (Å²) in [6, 6.07) is 8.11. The van der Waals surface area contributed by atoms with Gasteiger partial charge in [-0.3, -0.25) is 4.68 Å². The zero-order valence-electron chi connectivity index (χ0n) is 19.8. The molecule has 0 amide bonds. The minimum atomic E-state index is 0.253. The maximum absolute atomic E-state index is 6.29. The molecule has 0 aromatic carbocycles. The van der Waals surface area contributed by atoms with Crippen LogP contribution >= 0.6 is 0 Å². The Morgan fingerprint density at radius 2 is 1.94 bits per heavy atom. The summed E-state index contributed by atoms with van der Waals surface area (Å²) in [5.41, 5.74) is 5.14. The molecule has 2 atom stereocenters. The fourth-order valence-corrected chi connectivity index (χ4v) is 4.66. The van der Waals surface area contributed by atoms with Crippen molar-refractivity contribution in [2.24, 2.45) is 13.0 Å². The smallest absolute Gasteiger partial charge is 0.154 e. The van der Waals surface area contributed by atoms with Gasteiger partial charge in [0, 0.05) is 55.3 Å². The first-order chi connectivity index (χ1) is 15.9. The molecule has 1 saturated heterocycles. The second kappa shape index (κ2) is 8.57. The van der Waals surface area contributed by atoms with Crippen molar-refractivity contribution >= 4 is 17.2 Å². The quantitative estimate of drug-likeness (QED) is 0.486. The van der Waals surface area contributed by atoms with E-state index in [1.165, 1.54) is 0 Å². The number of nitrogens with one attached hydrogen (secondary N) is 1. The first kappa shape index (κ1) is 21.5. The third kappa shape index (κ3) is 4.46. The Labute approximate surface area is 193 Å². The lowest BCUT2D eigenvalue weighted by Crippen LogP contribution is -2.21. The van der Waals surface area contributed by atoms with Crippen LogP contribution in [0.1, 0.15) is 24.0 Å². The van der Waals surface area contributed by atoms with Gasteiger partial charge in [0.2, 0.25) is 0 Å². The Morgan fingerprint density at radius 3 is 2.70 bits per heavy atom. The van der Waals surface area contributed by atoms with Crippen LogP contribution in [0.4, 0.5) is 11.6 Å². The Balaban J connectivity index is 1.38. The van der Waals surface area contributed by atoms with Gasteiger partial charge in [-0.05, 0) is 38.9 Å². The number of pyridine rings is 1. The molecule has 9 heteroatoms. The molecule has 9 nitrogen and oxygen atoms in total. The van der Waals surface area contributed by atoms with Gasteiger partial charge in [-0.2, -0.15) is 10.2 Å². The lowest BCUT2D eigenvalue weighted by Gasteiger charge is -2.16. The van der Waals surface area contributed by atoms with Crippen LogP contribution in [0.15, 0.2) is 36.7 Å². The average molecular weight is 447 g/mol.